The van der Waals surface area contributed by atoms with Gasteiger partial charge in [-0.15, -0.1) is 0 Å². The van der Waals surface area contributed by atoms with Gasteiger partial charge in [0.15, 0.2) is 0 Å². The number of hydrogen-bond donors (Lipinski definition) is 0. The van der Waals surface area contributed by atoms with Crippen LogP contribution in [0.2, 0.25) is 0 Å². The van der Waals surface area contributed by atoms with Gasteiger partial charge >= 0.3 is 0 Å². The zero-order valence-corrected chi connectivity index (χ0v) is 15.0. The minimum atomic E-state index is -0.214. The highest BCUT2D eigenvalue weighted by Gasteiger charge is 2.48. The Morgan fingerprint density at radius 1 is 1.24 bits per heavy atom. The number of hydrogen-bond acceptors (Lipinski definition) is 3. The van der Waals surface area contributed by atoms with Crippen molar-refractivity contribution in [2.24, 2.45) is 11.3 Å². The summed E-state index contributed by atoms with van der Waals surface area (Å²) in [6, 6.07) is 1.88. The zero-order chi connectivity index (χ0) is 17.4. The topological polar surface area (TPSA) is 53.5 Å². The normalized spacial score (nSPS) is 27.0. The van der Waals surface area contributed by atoms with Gasteiger partial charge in [-0.1, -0.05) is 0 Å². The van der Waals surface area contributed by atoms with E-state index in [9.17, 15) is 9.59 Å². The molecule has 1 aromatic heterocycles. The molecule has 2 amide bonds. The van der Waals surface area contributed by atoms with E-state index in [0.717, 1.165) is 56.8 Å². The van der Waals surface area contributed by atoms with Gasteiger partial charge in [-0.2, -0.15) is 0 Å². The molecule has 0 N–H and O–H groups in total. The van der Waals surface area contributed by atoms with Crippen molar-refractivity contribution in [1.82, 2.24) is 14.8 Å². The first-order chi connectivity index (χ1) is 12.1. The van der Waals surface area contributed by atoms with Gasteiger partial charge in [0.2, 0.25) is 5.91 Å². The summed E-state index contributed by atoms with van der Waals surface area (Å²) in [5, 5.41) is 0. The highest BCUT2D eigenvalue weighted by molar-refractivity contribution is 5.95. The first-order valence-electron chi connectivity index (χ1n) is 9.58. The van der Waals surface area contributed by atoms with Gasteiger partial charge in [-0.3, -0.25) is 14.6 Å². The second kappa shape index (κ2) is 6.43. The molecule has 4 rings (SSSR count). The largest absolute Gasteiger partial charge is 0.342 e. The van der Waals surface area contributed by atoms with Gasteiger partial charge in [0.05, 0.1) is 11.0 Å². The standard InChI is InChI=1S/C20H27N3O2/c1-15-5-9-21-13-17(15)18(24)22-10-2-6-20(7-11-22)8-12-23(19(20)25)14-16-3-4-16/h5,9,13,16H,2-4,6-8,10-12,14H2,1H3. The zero-order valence-electron chi connectivity index (χ0n) is 15.0. The molecule has 2 aliphatic heterocycles. The Bertz CT molecular complexity index is 685. The van der Waals surface area contributed by atoms with Gasteiger partial charge in [-0.05, 0) is 63.0 Å². The monoisotopic (exact) mass is 341 g/mol. The fourth-order valence-electron chi connectivity index (χ4n) is 4.40. The number of pyridine rings is 1. The molecule has 3 aliphatic rings. The number of likely N-dealkylation sites (tertiary alicyclic amines) is 2. The average molecular weight is 341 g/mol. The van der Waals surface area contributed by atoms with Crippen LogP contribution in [0.3, 0.4) is 0 Å². The summed E-state index contributed by atoms with van der Waals surface area (Å²) >= 11 is 0. The van der Waals surface area contributed by atoms with Gasteiger partial charge in [0, 0.05) is 38.6 Å². The number of aromatic nitrogens is 1. The maximum atomic E-state index is 13.0. The lowest BCUT2D eigenvalue weighted by atomic mass is 9.79. The van der Waals surface area contributed by atoms with Crippen LogP contribution in [0.1, 0.15) is 54.4 Å². The van der Waals surface area contributed by atoms with Crippen LogP contribution in [0.15, 0.2) is 18.5 Å². The summed E-state index contributed by atoms with van der Waals surface area (Å²) in [5.41, 5.74) is 1.44. The van der Waals surface area contributed by atoms with Gasteiger partial charge in [0.1, 0.15) is 0 Å². The van der Waals surface area contributed by atoms with Crippen LogP contribution in [0.5, 0.6) is 0 Å². The van der Waals surface area contributed by atoms with Crippen molar-refractivity contribution >= 4 is 11.8 Å². The Balaban J connectivity index is 1.44. The molecular formula is C20H27N3O2. The number of nitrogens with zero attached hydrogens (tertiary/aromatic N) is 3. The molecule has 1 atom stereocenters. The van der Waals surface area contributed by atoms with Crippen LogP contribution in [0.4, 0.5) is 0 Å². The van der Waals surface area contributed by atoms with Gasteiger partial charge in [0.25, 0.3) is 5.91 Å². The summed E-state index contributed by atoms with van der Waals surface area (Å²) < 4.78 is 0. The summed E-state index contributed by atoms with van der Waals surface area (Å²) in [4.78, 5) is 34.0. The quantitative estimate of drug-likeness (QED) is 0.849. The van der Waals surface area contributed by atoms with E-state index in [2.05, 4.69) is 9.88 Å². The van der Waals surface area contributed by atoms with Crippen molar-refractivity contribution in [1.29, 1.82) is 0 Å². The van der Waals surface area contributed by atoms with E-state index in [1.165, 1.54) is 12.8 Å². The Kier molecular flexibility index (Phi) is 4.26. The molecule has 0 aromatic carbocycles. The third-order valence-electron chi connectivity index (χ3n) is 6.28. The maximum Gasteiger partial charge on any atom is 0.255 e. The van der Waals surface area contributed by atoms with E-state index in [1.54, 1.807) is 12.4 Å². The molecule has 1 aromatic rings. The number of rotatable bonds is 3. The van der Waals surface area contributed by atoms with E-state index in [0.29, 0.717) is 18.0 Å². The van der Waals surface area contributed by atoms with Crippen LogP contribution in [-0.4, -0.2) is 52.8 Å². The fraction of sp³-hybridized carbons (Fsp3) is 0.650. The van der Waals surface area contributed by atoms with Crippen molar-refractivity contribution in [3.8, 4) is 0 Å². The fourth-order valence-corrected chi connectivity index (χ4v) is 4.40. The van der Waals surface area contributed by atoms with Crippen LogP contribution in [-0.2, 0) is 4.79 Å². The smallest absolute Gasteiger partial charge is 0.255 e. The van der Waals surface area contributed by atoms with Crippen molar-refractivity contribution in [3.05, 3.63) is 29.6 Å². The van der Waals surface area contributed by atoms with Crippen molar-refractivity contribution in [2.75, 3.05) is 26.2 Å². The molecule has 0 radical (unpaired) electrons. The van der Waals surface area contributed by atoms with Gasteiger partial charge in [-0.25, -0.2) is 0 Å². The molecule has 3 heterocycles. The molecule has 25 heavy (non-hydrogen) atoms. The molecular weight excluding hydrogens is 314 g/mol. The Hall–Kier alpha value is -1.91. The summed E-state index contributed by atoms with van der Waals surface area (Å²) in [7, 11) is 0. The third-order valence-corrected chi connectivity index (χ3v) is 6.28. The molecule has 0 bridgehead atoms. The lowest BCUT2D eigenvalue weighted by Gasteiger charge is -2.27. The van der Waals surface area contributed by atoms with Crippen molar-refractivity contribution < 1.29 is 9.59 Å². The minimum absolute atomic E-state index is 0.0583. The number of carbonyl (C=O) groups excluding carboxylic acids is 2. The van der Waals surface area contributed by atoms with Gasteiger partial charge < -0.3 is 9.80 Å². The van der Waals surface area contributed by atoms with Crippen molar-refractivity contribution in [2.45, 2.75) is 45.4 Å². The molecule has 5 heteroatoms. The summed E-state index contributed by atoms with van der Waals surface area (Å²) in [6.45, 7) is 5.23. The molecule has 1 unspecified atom stereocenters. The van der Waals surface area contributed by atoms with Crippen LogP contribution in [0.25, 0.3) is 0 Å². The van der Waals surface area contributed by atoms with Crippen LogP contribution in [0, 0.1) is 18.3 Å². The molecule has 5 nitrogen and oxygen atoms in total. The second-order valence-electron chi connectivity index (χ2n) is 8.06. The predicted molar refractivity (Wildman–Crippen MR) is 95.1 cm³/mol. The molecule has 1 saturated carbocycles. The van der Waals surface area contributed by atoms with E-state index in [4.69, 9.17) is 0 Å². The Morgan fingerprint density at radius 3 is 2.80 bits per heavy atom. The lowest BCUT2D eigenvalue weighted by Crippen LogP contribution is -2.37. The first kappa shape index (κ1) is 16.6. The maximum absolute atomic E-state index is 13.0. The molecule has 3 fully saturated rings. The highest BCUT2D eigenvalue weighted by atomic mass is 16.2. The SMILES string of the molecule is Cc1ccncc1C(=O)N1CCCC2(CC1)CCN(CC1CC1)C2=O. The molecule has 1 spiro atoms. The van der Waals surface area contributed by atoms with E-state index < -0.39 is 0 Å². The van der Waals surface area contributed by atoms with Crippen LogP contribution < -0.4 is 0 Å². The van der Waals surface area contributed by atoms with Crippen LogP contribution >= 0.6 is 0 Å². The number of amides is 2. The van der Waals surface area contributed by atoms with E-state index in [-0.39, 0.29) is 11.3 Å². The number of aryl methyl sites for hydroxylation is 1. The van der Waals surface area contributed by atoms with Crippen molar-refractivity contribution in [3.63, 3.8) is 0 Å². The number of carbonyl (C=O) groups is 2. The molecule has 2 saturated heterocycles. The molecule has 134 valence electrons. The predicted octanol–water partition coefficient (Wildman–Crippen LogP) is 2.64. The van der Waals surface area contributed by atoms with E-state index >= 15 is 0 Å². The molecule has 1 aliphatic carbocycles. The van der Waals surface area contributed by atoms with E-state index in [1.807, 2.05) is 17.9 Å². The Labute approximate surface area is 149 Å². The minimum Gasteiger partial charge on any atom is -0.342 e. The third kappa shape index (κ3) is 3.16. The first-order valence-corrected chi connectivity index (χ1v) is 9.58. The highest BCUT2D eigenvalue weighted by Crippen LogP contribution is 2.43. The second-order valence-corrected chi connectivity index (χ2v) is 8.06. The average Bonchev–Trinajstić information content (AvgIpc) is 3.40. The summed E-state index contributed by atoms with van der Waals surface area (Å²) in [6.07, 6.45) is 9.54. The summed E-state index contributed by atoms with van der Waals surface area (Å²) in [5.74, 6) is 1.16. The Morgan fingerprint density at radius 2 is 2.04 bits per heavy atom. The lowest BCUT2D eigenvalue weighted by molar-refractivity contribution is -0.136.